The molecule has 0 saturated heterocycles. The van der Waals surface area contributed by atoms with Gasteiger partial charge in [0, 0.05) is 17.8 Å². The maximum atomic E-state index is 13.2. The molecule has 4 heteroatoms. The number of aromatic nitrogens is 2. The molecule has 2 heterocycles. The number of imidazole rings is 1. The summed E-state index contributed by atoms with van der Waals surface area (Å²) in [6, 6.07) is 10.8. The molecule has 1 aromatic carbocycles. The number of hydrogen-bond acceptors (Lipinski definition) is 2. The van der Waals surface area contributed by atoms with Crippen LogP contribution in [-0.4, -0.2) is 21.3 Å². The molecule has 3 aromatic rings. The van der Waals surface area contributed by atoms with Crippen LogP contribution in [0.25, 0.3) is 16.9 Å². The van der Waals surface area contributed by atoms with Crippen molar-refractivity contribution < 1.29 is 4.79 Å². The van der Waals surface area contributed by atoms with Crippen LogP contribution in [0.3, 0.4) is 0 Å². The van der Waals surface area contributed by atoms with Gasteiger partial charge in [-0.25, -0.2) is 4.98 Å². The highest BCUT2D eigenvalue weighted by atomic mass is 16.1. The Morgan fingerprint density at radius 3 is 2.68 bits per heavy atom. The molecule has 2 bridgehead atoms. The standard InChI is InChI=1S/C27H33N3O/c1-16-7-9-22(12-18(16)3)26-24(30-11-5-6-17(2)27(30)29-26)15-25(31)28-19(4)23-14-20-8-10-21(23)13-20/h5-7,9,11-12,19-21,23H,8,10,13-15H2,1-4H3,(H,28,31). The summed E-state index contributed by atoms with van der Waals surface area (Å²) in [4.78, 5) is 18.1. The predicted molar refractivity (Wildman–Crippen MR) is 125 cm³/mol. The fourth-order valence-electron chi connectivity index (χ4n) is 6.01. The first-order valence-corrected chi connectivity index (χ1v) is 11.7. The van der Waals surface area contributed by atoms with Crippen molar-refractivity contribution in [3.05, 3.63) is 58.9 Å². The van der Waals surface area contributed by atoms with E-state index in [0.29, 0.717) is 12.3 Å². The lowest BCUT2D eigenvalue weighted by Crippen LogP contribution is -2.41. The van der Waals surface area contributed by atoms with Crippen LogP contribution in [0.1, 0.15) is 55.0 Å². The number of fused-ring (bicyclic) bond motifs is 3. The fraction of sp³-hybridized carbons (Fsp3) is 0.481. The molecule has 2 aliphatic carbocycles. The van der Waals surface area contributed by atoms with Gasteiger partial charge < -0.3 is 9.72 Å². The summed E-state index contributed by atoms with van der Waals surface area (Å²) < 4.78 is 2.10. The van der Waals surface area contributed by atoms with Gasteiger partial charge in [-0.1, -0.05) is 24.6 Å². The molecule has 0 radical (unpaired) electrons. The van der Waals surface area contributed by atoms with Crippen LogP contribution in [0.2, 0.25) is 0 Å². The highest BCUT2D eigenvalue weighted by Crippen LogP contribution is 2.49. The lowest BCUT2D eigenvalue weighted by atomic mass is 9.84. The Hall–Kier alpha value is -2.62. The normalized spacial score (nSPS) is 23.4. The number of hydrogen-bond donors (Lipinski definition) is 1. The van der Waals surface area contributed by atoms with E-state index in [1.54, 1.807) is 0 Å². The van der Waals surface area contributed by atoms with Gasteiger partial charge in [0.2, 0.25) is 5.91 Å². The maximum absolute atomic E-state index is 13.2. The Morgan fingerprint density at radius 1 is 1.13 bits per heavy atom. The van der Waals surface area contributed by atoms with E-state index >= 15 is 0 Å². The van der Waals surface area contributed by atoms with Gasteiger partial charge in [-0.05, 0) is 93.5 Å². The third kappa shape index (κ3) is 3.66. The molecule has 162 valence electrons. The predicted octanol–water partition coefficient (Wildman–Crippen LogP) is 5.41. The van der Waals surface area contributed by atoms with Gasteiger partial charge in [-0.2, -0.15) is 0 Å². The minimum atomic E-state index is 0.101. The van der Waals surface area contributed by atoms with Gasteiger partial charge in [0.1, 0.15) is 5.65 Å². The van der Waals surface area contributed by atoms with Crippen LogP contribution >= 0.6 is 0 Å². The van der Waals surface area contributed by atoms with E-state index in [4.69, 9.17) is 4.98 Å². The number of nitrogens with one attached hydrogen (secondary N) is 1. The summed E-state index contributed by atoms with van der Waals surface area (Å²) in [5.41, 5.74) is 7.53. The fourth-order valence-corrected chi connectivity index (χ4v) is 6.01. The van der Waals surface area contributed by atoms with Crippen LogP contribution in [0, 0.1) is 38.5 Å². The molecular formula is C27H33N3O. The smallest absolute Gasteiger partial charge is 0.226 e. The molecule has 0 spiro atoms. The number of rotatable bonds is 5. The number of nitrogens with zero attached hydrogens (tertiary/aromatic N) is 2. The molecule has 4 nitrogen and oxygen atoms in total. The zero-order valence-corrected chi connectivity index (χ0v) is 19.1. The van der Waals surface area contributed by atoms with E-state index in [9.17, 15) is 4.79 Å². The molecular weight excluding hydrogens is 382 g/mol. The van der Waals surface area contributed by atoms with E-state index in [0.717, 1.165) is 40.0 Å². The average Bonchev–Trinajstić information content (AvgIpc) is 3.46. The minimum absolute atomic E-state index is 0.101. The van der Waals surface area contributed by atoms with Crippen LogP contribution in [0.5, 0.6) is 0 Å². The number of benzene rings is 1. The van der Waals surface area contributed by atoms with E-state index in [2.05, 4.69) is 61.7 Å². The number of aryl methyl sites for hydroxylation is 3. The van der Waals surface area contributed by atoms with Crippen molar-refractivity contribution in [3.63, 3.8) is 0 Å². The first kappa shape index (κ1) is 20.3. The van der Waals surface area contributed by atoms with Gasteiger partial charge in [-0.15, -0.1) is 0 Å². The Balaban J connectivity index is 1.44. The van der Waals surface area contributed by atoms with E-state index in [1.165, 1.54) is 36.8 Å². The quantitative estimate of drug-likeness (QED) is 0.606. The molecule has 2 aliphatic rings. The molecule has 31 heavy (non-hydrogen) atoms. The van der Waals surface area contributed by atoms with Crippen molar-refractivity contribution in [2.75, 3.05) is 0 Å². The third-order valence-corrected chi connectivity index (χ3v) is 7.88. The van der Waals surface area contributed by atoms with Crippen molar-refractivity contribution in [1.82, 2.24) is 14.7 Å². The summed E-state index contributed by atoms with van der Waals surface area (Å²) in [7, 11) is 0. The Bertz CT molecular complexity index is 1140. The number of amides is 1. The van der Waals surface area contributed by atoms with Crippen molar-refractivity contribution in [2.24, 2.45) is 17.8 Å². The monoisotopic (exact) mass is 415 g/mol. The molecule has 2 aromatic heterocycles. The molecule has 2 saturated carbocycles. The summed E-state index contributed by atoms with van der Waals surface area (Å²) in [5, 5.41) is 3.34. The summed E-state index contributed by atoms with van der Waals surface area (Å²) in [5.74, 6) is 2.45. The maximum Gasteiger partial charge on any atom is 0.226 e. The lowest BCUT2D eigenvalue weighted by Gasteiger charge is -2.28. The molecule has 1 amide bonds. The van der Waals surface area contributed by atoms with E-state index in [-0.39, 0.29) is 11.9 Å². The number of pyridine rings is 1. The van der Waals surface area contributed by atoms with Gasteiger partial charge in [0.05, 0.1) is 17.8 Å². The number of carbonyl (C=O) groups is 1. The lowest BCUT2D eigenvalue weighted by molar-refractivity contribution is -0.121. The molecule has 1 N–H and O–H groups in total. The molecule has 2 fully saturated rings. The van der Waals surface area contributed by atoms with Gasteiger partial charge in [-0.3, -0.25) is 4.79 Å². The first-order chi connectivity index (χ1) is 14.9. The molecule has 4 atom stereocenters. The van der Waals surface area contributed by atoms with Gasteiger partial charge in [0.15, 0.2) is 0 Å². The van der Waals surface area contributed by atoms with Crippen molar-refractivity contribution >= 4 is 11.6 Å². The van der Waals surface area contributed by atoms with Crippen LogP contribution in [0.15, 0.2) is 36.5 Å². The SMILES string of the molecule is Cc1ccc(-c2nc3c(C)cccn3c2CC(=O)NC(C)C2CC3CCC2C3)cc1C. The molecule has 4 unspecified atom stereocenters. The summed E-state index contributed by atoms with van der Waals surface area (Å²) in [6.45, 7) is 8.53. The van der Waals surface area contributed by atoms with Crippen LogP contribution in [0.4, 0.5) is 0 Å². The second-order valence-corrected chi connectivity index (χ2v) is 9.96. The number of carbonyl (C=O) groups excluding carboxylic acids is 1. The van der Waals surface area contributed by atoms with Crippen LogP contribution < -0.4 is 5.32 Å². The molecule has 0 aliphatic heterocycles. The highest BCUT2D eigenvalue weighted by molar-refractivity contribution is 5.82. The summed E-state index contributed by atoms with van der Waals surface area (Å²) >= 11 is 0. The largest absolute Gasteiger partial charge is 0.353 e. The van der Waals surface area contributed by atoms with E-state index in [1.807, 2.05) is 12.3 Å². The topological polar surface area (TPSA) is 46.4 Å². The Kier molecular flexibility index (Phi) is 5.11. The zero-order chi connectivity index (χ0) is 21.7. The average molecular weight is 416 g/mol. The highest BCUT2D eigenvalue weighted by Gasteiger charge is 2.42. The zero-order valence-electron chi connectivity index (χ0n) is 19.1. The first-order valence-electron chi connectivity index (χ1n) is 11.7. The second-order valence-electron chi connectivity index (χ2n) is 9.96. The van der Waals surface area contributed by atoms with Gasteiger partial charge in [0.25, 0.3) is 0 Å². The Labute approximate surface area is 185 Å². The van der Waals surface area contributed by atoms with Gasteiger partial charge >= 0.3 is 0 Å². The minimum Gasteiger partial charge on any atom is -0.353 e. The molecule has 5 rings (SSSR count). The Morgan fingerprint density at radius 2 is 1.97 bits per heavy atom. The third-order valence-electron chi connectivity index (χ3n) is 7.88. The van der Waals surface area contributed by atoms with E-state index < -0.39 is 0 Å². The van der Waals surface area contributed by atoms with Crippen molar-refractivity contribution in [1.29, 1.82) is 0 Å². The van der Waals surface area contributed by atoms with Crippen molar-refractivity contribution in [2.45, 2.75) is 65.8 Å². The van der Waals surface area contributed by atoms with Crippen LogP contribution in [-0.2, 0) is 11.2 Å². The van der Waals surface area contributed by atoms with Crippen molar-refractivity contribution in [3.8, 4) is 11.3 Å². The second kappa shape index (κ2) is 7.81. The summed E-state index contributed by atoms with van der Waals surface area (Å²) in [6.07, 6.45) is 7.77.